The molecule has 0 aliphatic carbocycles. The highest BCUT2D eigenvalue weighted by molar-refractivity contribution is 5.94. The maximum absolute atomic E-state index is 11.6. The summed E-state index contributed by atoms with van der Waals surface area (Å²) in [5.74, 6) is -0.121. The predicted octanol–water partition coefficient (Wildman–Crippen LogP) is 0.819. The SMILES string of the molecule is CCNC(=O)c1cccc([C@@H](O)CCN)c1. The van der Waals surface area contributed by atoms with Crippen molar-refractivity contribution in [1.82, 2.24) is 5.32 Å². The minimum atomic E-state index is -0.598. The Hall–Kier alpha value is -1.39. The second kappa shape index (κ2) is 6.25. The first kappa shape index (κ1) is 12.7. The molecule has 0 saturated heterocycles. The molecule has 0 unspecified atom stereocenters. The lowest BCUT2D eigenvalue weighted by molar-refractivity contribution is 0.0955. The molecule has 0 aliphatic heterocycles. The van der Waals surface area contributed by atoms with E-state index in [0.29, 0.717) is 25.1 Å². The van der Waals surface area contributed by atoms with Crippen LogP contribution in [0.4, 0.5) is 0 Å². The quantitative estimate of drug-likeness (QED) is 0.690. The standard InChI is InChI=1S/C12H18N2O2/c1-2-14-12(16)10-5-3-4-9(8-10)11(15)6-7-13/h3-5,8,11,15H,2,6-7,13H2,1H3,(H,14,16)/t11-/m0/s1. The van der Waals surface area contributed by atoms with Gasteiger partial charge in [0.05, 0.1) is 6.10 Å². The van der Waals surface area contributed by atoms with Gasteiger partial charge in [0.25, 0.3) is 5.91 Å². The van der Waals surface area contributed by atoms with Crippen LogP contribution in [0.2, 0.25) is 0 Å². The number of benzene rings is 1. The largest absolute Gasteiger partial charge is 0.388 e. The monoisotopic (exact) mass is 222 g/mol. The van der Waals surface area contributed by atoms with Gasteiger partial charge in [0.2, 0.25) is 0 Å². The zero-order valence-electron chi connectivity index (χ0n) is 9.44. The second-order valence-corrected chi connectivity index (χ2v) is 3.58. The first-order valence-electron chi connectivity index (χ1n) is 5.45. The Morgan fingerprint density at radius 1 is 1.56 bits per heavy atom. The van der Waals surface area contributed by atoms with Crippen molar-refractivity contribution in [2.75, 3.05) is 13.1 Å². The lowest BCUT2D eigenvalue weighted by Gasteiger charge is -2.10. The summed E-state index contributed by atoms with van der Waals surface area (Å²) in [6, 6.07) is 6.98. The van der Waals surface area contributed by atoms with E-state index in [1.807, 2.05) is 6.92 Å². The number of aliphatic hydroxyl groups is 1. The van der Waals surface area contributed by atoms with Gasteiger partial charge >= 0.3 is 0 Å². The van der Waals surface area contributed by atoms with Crippen molar-refractivity contribution < 1.29 is 9.90 Å². The Kier molecular flexibility index (Phi) is 4.95. The van der Waals surface area contributed by atoms with Gasteiger partial charge in [-0.3, -0.25) is 4.79 Å². The number of nitrogens with one attached hydrogen (secondary N) is 1. The van der Waals surface area contributed by atoms with Gasteiger partial charge < -0.3 is 16.2 Å². The highest BCUT2D eigenvalue weighted by Gasteiger charge is 2.09. The van der Waals surface area contributed by atoms with Gasteiger partial charge in [-0.05, 0) is 37.6 Å². The molecule has 4 heteroatoms. The molecule has 0 saturated carbocycles. The normalized spacial score (nSPS) is 12.2. The Bertz CT molecular complexity index is 353. The average molecular weight is 222 g/mol. The first-order valence-corrected chi connectivity index (χ1v) is 5.45. The topological polar surface area (TPSA) is 75.3 Å². The minimum absolute atomic E-state index is 0.121. The predicted molar refractivity (Wildman–Crippen MR) is 63.1 cm³/mol. The molecule has 16 heavy (non-hydrogen) atoms. The number of amides is 1. The first-order chi connectivity index (χ1) is 7.69. The summed E-state index contributed by atoms with van der Waals surface area (Å²) in [7, 11) is 0. The molecule has 1 aromatic rings. The van der Waals surface area contributed by atoms with Crippen LogP contribution in [0.1, 0.15) is 35.4 Å². The van der Waals surface area contributed by atoms with Gasteiger partial charge in [0.15, 0.2) is 0 Å². The van der Waals surface area contributed by atoms with E-state index in [1.165, 1.54) is 0 Å². The van der Waals surface area contributed by atoms with Crippen molar-refractivity contribution in [3.63, 3.8) is 0 Å². The van der Waals surface area contributed by atoms with Crippen molar-refractivity contribution in [3.05, 3.63) is 35.4 Å². The minimum Gasteiger partial charge on any atom is -0.388 e. The number of aliphatic hydroxyl groups excluding tert-OH is 1. The Balaban J connectivity index is 2.82. The van der Waals surface area contributed by atoms with Crippen molar-refractivity contribution in [3.8, 4) is 0 Å². The van der Waals surface area contributed by atoms with E-state index in [1.54, 1.807) is 24.3 Å². The molecule has 1 aromatic carbocycles. The van der Waals surface area contributed by atoms with Gasteiger partial charge in [0, 0.05) is 12.1 Å². The summed E-state index contributed by atoms with van der Waals surface area (Å²) in [5, 5.41) is 12.5. The smallest absolute Gasteiger partial charge is 0.251 e. The lowest BCUT2D eigenvalue weighted by atomic mass is 10.0. The Morgan fingerprint density at radius 3 is 2.94 bits per heavy atom. The molecular formula is C12H18N2O2. The van der Waals surface area contributed by atoms with Crippen molar-refractivity contribution in [1.29, 1.82) is 0 Å². The van der Waals surface area contributed by atoms with Crippen molar-refractivity contribution >= 4 is 5.91 Å². The van der Waals surface area contributed by atoms with Crippen LogP contribution in [-0.4, -0.2) is 24.1 Å². The van der Waals surface area contributed by atoms with Gasteiger partial charge in [-0.2, -0.15) is 0 Å². The van der Waals surface area contributed by atoms with E-state index >= 15 is 0 Å². The van der Waals surface area contributed by atoms with Gasteiger partial charge in [-0.15, -0.1) is 0 Å². The van der Waals surface area contributed by atoms with Gasteiger partial charge in [-0.1, -0.05) is 12.1 Å². The third-order valence-corrected chi connectivity index (χ3v) is 2.31. The van der Waals surface area contributed by atoms with E-state index in [-0.39, 0.29) is 5.91 Å². The zero-order chi connectivity index (χ0) is 12.0. The highest BCUT2D eigenvalue weighted by Crippen LogP contribution is 2.17. The molecule has 0 heterocycles. The van der Waals surface area contributed by atoms with Crippen molar-refractivity contribution in [2.24, 2.45) is 5.73 Å². The maximum Gasteiger partial charge on any atom is 0.251 e. The summed E-state index contributed by atoms with van der Waals surface area (Å²) in [6.45, 7) is 2.88. The molecule has 1 atom stereocenters. The summed E-state index contributed by atoms with van der Waals surface area (Å²) in [5.41, 5.74) is 6.67. The maximum atomic E-state index is 11.6. The highest BCUT2D eigenvalue weighted by atomic mass is 16.3. The van der Waals surface area contributed by atoms with Crippen molar-refractivity contribution in [2.45, 2.75) is 19.4 Å². The molecular weight excluding hydrogens is 204 g/mol. The molecule has 0 spiro atoms. The summed E-state index contributed by atoms with van der Waals surface area (Å²) in [4.78, 5) is 11.6. The second-order valence-electron chi connectivity index (χ2n) is 3.58. The number of carbonyl (C=O) groups is 1. The van der Waals surface area contributed by atoms with Crippen LogP contribution in [0.3, 0.4) is 0 Å². The number of nitrogens with two attached hydrogens (primary N) is 1. The third-order valence-electron chi connectivity index (χ3n) is 2.31. The molecule has 0 radical (unpaired) electrons. The number of carbonyl (C=O) groups excluding carboxylic acids is 1. The van der Waals surface area contributed by atoms with Crippen LogP contribution in [0.15, 0.2) is 24.3 Å². The number of hydrogen-bond donors (Lipinski definition) is 3. The molecule has 0 fully saturated rings. The Morgan fingerprint density at radius 2 is 2.31 bits per heavy atom. The molecule has 4 N–H and O–H groups in total. The van der Waals surface area contributed by atoms with Crippen LogP contribution in [0, 0.1) is 0 Å². The molecule has 0 bridgehead atoms. The molecule has 88 valence electrons. The summed E-state index contributed by atoms with van der Waals surface area (Å²) >= 11 is 0. The molecule has 0 aliphatic rings. The molecule has 4 nitrogen and oxygen atoms in total. The van der Waals surface area contributed by atoms with Crippen LogP contribution in [0.5, 0.6) is 0 Å². The number of hydrogen-bond acceptors (Lipinski definition) is 3. The van der Waals surface area contributed by atoms with E-state index in [0.717, 1.165) is 5.56 Å². The zero-order valence-corrected chi connectivity index (χ0v) is 9.44. The summed E-state index contributed by atoms with van der Waals surface area (Å²) in [6.07, 6.45) is -0.0989. The van der Waals surface area contributed by atoms with Crippen LogP contribution < -0.4 is 11.1 Å². The molecule has 1 amide bonds. The van der Waals surface area contributed by atoms with Crippen LogP contribution in [0.25, 0.3) is 0 Å². The van der Waals surface area contributed by atoms with E-state index in [9.17, 15) is 9.90 Å². The molecule has 1 rings (SSSR count). The van der Waals surface area contributed by atoms with E-state index in [2.05, 4.69) is 5.32 Å². The Labute approximate surface area is 95.5 Å². The average Bonchev–Trinajstić information content (AvgIpc) is 2.30. The summed E-state index contributed by atoms with van der Waals surface area (Å²) < 4.78 is 0. The molecule has 0 aromatic heterocycles. The fraction of sp³-hybridized carbons (Fsp3) is 0.417. The van der Waals surface area contributed by atoms with E-state index in [4.69, 9.17) is 5.73 Å². The lowest BCUT2D eigenvalue weighted by Crippen LogP contribution is -2.22. The van der Waals surface area contributed by atoms with Gasteiger partial charge in [-0.25, -0.2) is 0 Å². The third kappa shape index (κ3) is 3.32. The van der Waals surface area contributed by atoms with Crippen LogP contribution in [-0.2, 0) is 0 Å². The number of rotatable bonds is 5. The van der Waals surface area contributed by atoms with Crippen LogP contribution >= 0.6 is 0 Å². The van der Waals surface area contributed by atoms with E-state index < -0.39 is 6.10 Å². The fourth-order valence-electron chi connectivity index (χ4n) is 1.47. The van der Waals surface area contributed by atoms with Gasteiger partial charge in [0.1, 0.15) is 0 Å². The fourth-order valence-corrected chi connectivity index (χ4v) is 1.47.